The van der Waals surface area contributed by atoms with Crippen LogP contribution in [0.4, 0.5) is 11.5 Å². The highest BCUT2D eigenvalue weighted by molar-refractivity contribution is 5.66. The predicted octanol–water partition coefficient (Wildman–Crippen LogP) is 3.20. The lowest BCUT2D eigenvalue weighted by molar-refractivity contribution is 0.298. The Bertz CT molecular complexity index is 587. The number of aryl methyl sites for hydroxylation is 1. The van der Waals surface area contributed by atoms with Gasteiger partial charge in [-0.05, 0) is 25.3 Å². The lowest BCUT2D eigenvalue weighted by atomic mass is 10.1. The lowest BCUT2D eigenvalue weighted by Gasteiger charge is -2.13. The van der Waals surface area contributed by atoms with Gasteiger partial charge in [0.25, 0.3) is 0 Å². The van der Waals surface area contributed by atoms with E-state index in [9.17, 15) is 0 Å². The Morgan fingerprint density at radius 3 is 2.68 bits per heavy atom. The molecule has 0 aliphatic rings. The second-order valence-corrected chi connectivity index (χ2v) is 5.20. The second kappa shape index (κ2) is 8.22. The second-order valence-electron chi connectivity index (χ2n) is 5.20. The SMILES string of the molecule is CCCCOc1nc(C)nc(NCCc2ccccc2)c1N. The number of hydrogen-bond donors (Lipinski definition) is 2. The van der Waals surface area contributed by atoms with Gasteiger partial charge in [-0.2, -0.15) is 4.98 Å². The summed E-state index contributed by atoms with van der Waals surface area (Å²) in [6, 6.07) is 10.3. The van der Waals surface area contributed by atoms with Crippen LogP contribution in [0.1, 0.15) is 31.2 Å². The highest BCUT2D eigenvalue weighted by atomic mass is 16.5. The molecule has 0 spiro atoms. The van der Waals surface area contributed by atoms with E-state index in [1.807, 2.05) is 25.1 Å². The molecule has 0 saturated heterocycles. The van der Waals surface area contributed by atoms with E-state index in [1.165, 1.54) is 5.56 Å². The molecule has 2 rings (SSSR count). The number of unbranched alkanes of at least 4 members (excludes halogenated alkanes) is 1. The molecule has 3 N–H and O–H groups in total. The maximum atomic E-state index is 6.10. The molecule has 0 bridgehead atoms. The molecule has 1 aromatic carbocycles. The van der Waals surface area contributed by atoms with Gasteiger partial charge in [-0.1, -0.05) is 43.7 Å². The van der Waals surface area contributed by atoms with Gasteiger partial charge in [0, 0.05) is 6.54 Å². The summed E-state index contributed by atoms with van der Waals surface area (Å²) < 4.78 is 5.65. The molecule has 0 atom stereocenters. The molecule has 5 nitrogen and oxygen atoms in total. The number of nitrogens with two attached hydrogens (primary N) is 1. The molecule has 5 heteroatoms. The normalized spacial score (nSPS) is 10.5. The lowest BCUT2D eigenvalue weighted by Crippen LogP contribution is -2.12. The fourth-order valence-corrected chi connectivity index (χ4v) is 2.08. The van der Waals surface area contributed by atoms with Crippen molar-refractivity contribution in [2.45, 2.75) is 33.1 Å². The van der Waals surface area contributed by atoms with E-state index in [4.69, 9.17) is 10.5 Å². The van der Waals surface area contributed by atoms with Gasteiger partial charge in [-0.25, -0.2) is 4.98 Å². The molecule has 0 amide bonds. The summed E-state index contributed by atoms with van der Waals surface area (Å²) in [7, 11) is 0. The quantitative estimate of drug-likeness (QED) is 0.732. The minimum atomic E-state index is 0.475. The van der Waals surface area contributed by atoms with Crippen LogP contribution in [-0.4, -0.2) is 23.1 Å². The number of hydrogen-bond acceptors (Lipinski definition) is 5. The van der Waals surface area contributed by atoms with Gasteiger partial charge in [0.1, 0.15) is 11.5 Å². The van der Waals surface area contributed by atoms with Crippen molar-refractivity contribution in [1.29, 1.82) is 0 Å². The predicted molar refractivity (Wildman–Crippen MR) is 90.2 cm³/mol. The van der Waals surface area contributed by atoms with E-state index in [-0.39, 0.29) is 0 Å². The monoisotopic (exact) mass is 300 g/mol. The van der Waals surface area contributed by atoms with E-state index in [2.05, 4.69) is 34.3 Å². The first-order chi connectivity index (χ1) is 10.7. The van der Waals surface area contributed by atoms with E-state index < -0.39 is 0 Å². The van der Waals surface area contributed by atoms with Gasteiger partial charge in [0.2, 0.25) is 5.88 Å². The number of nitrogens with zero attached hydrogens (tertiary/aromatic N) is 2. The third-order valence-electron chi connectivity index (χ3n) is 3.31. The molecule has 0 aliphatic carbocycles. The topological polar surface area (TPSA) is 73.1 Å². The zero-order valence-electron chi connectivity index (χ0n) is 13.3. The highest BCUT2D eigenvalue weighted by Crippen LogP contribution is 2.26. The molecule has 0 fully saturated rings. The maximum Gasteiger partial charge on any atom is 0.242 e. The van der Waals surface area contributed by atoms with Crippen molar-refractivity contribution in [3.05, 3.63) is 41.7 Å². The molecule has 0 radical (unpaired) electrons. The van der Waals surface area contributed by atoms with Crippen LogP contribution in [0.5, 0.6) is 5.88 Å². The van der Waals surface area contributed by atoms with E-state index >= 15 is 0 Å². The summed E-state index contributed by atoms with van der Waals surface area (Å²) in [5.41, 5.74) is 7.86. The average molecular weight is 300 g/mol. The number of rotatable bonds is 8. The number of ether oxygens (including phenoxy) is 1. The van der Waals surface area contributed by atoms with Gasteiger partial charge in [0.05, 0.1) is 6.61 Å². The van der Waals surface area contributed by atoms with Crippen molar-refractivity contribution >= 4 is 11.5 Å². The summed E-state index contributed by atoms with van der Waals surface area (Å²) in [5, 5.41) is 3.28. The molecule has 0 aliphatic heterocycles. The summed E-state index contributed by atoms with van der Waals surface area (Å²) in [6.07, 6.45) is 2.97. The van der Waals surface area contributed by atoms with E-state index in [0.29, 0.717) is 29.8 Å². The highest BCUT2D eigenvalue weighted by Gasteiger charge is 2.11. The zero-order chi connectivity index (χ0) is 15.8. The van der Waals surface area contributed by atoms with Gasteiger partial charge in [-0.15, -0.1) is 0 Å². The average Bonchev–Trinajstić information content (AvgIpc) is 2.52. The smallest absolute Gasteiger partial charge is 0.242 e. The van der Waals surface area contributed by atoms with E-state index in [0.717, 1.165) is 25.8 Å². The first kappa shape index (κ1) is 16.1. The number of nitrogens with one attached hydrogen (secondary N) is 1. The zero-order valence-corrected chi connectivity index (χ0v) is 13.3. The summed E-state index contributed by atoms with van der Waals surface area (Å²) in [4.78, 5) is 8.64. The van der Waals surface area contributed by atoms with Gasteiger partial charge in [0.15, 0.2) is 5.82 Å². The molecule has 1 aromatic heterocycles. The summed E-state index contributed by atoms with van der Waals surface area (Å²) in [5.74, 6) is 1.78. The number of nitrogen functional groups attached to an aromatic ring is 1. The van der Waals surface area contributed by atoms with Crippen molar-refractivity contribution in [3.63, 3.8) is 0 Å². The van der Waals surface area contributed by atoms with Crippen LogP contribution < -0.4 is 15.8 Å². The van der Waals surface area contributed by atoms with Crippen LogP contribution in [0.15, 0.2) is 30.3 Å². The van der Waals surface area contributed by atoms with Gasteiger partial charge in [-0.3, -0.25) is 0 Å². The Balaban J connectivity index is 1.97. The molecule has 118 valence electrons. The number of benzene rings is 1. The first-order valence-electron chi connectivity index (χ1n) is 7.75. The van der Waals surface area contributed by atoms with Crippen molar-refractivity contribution in [2.75, 3.05) is 24.2 Å². The van der Waals surface area contributed by atoms with E-state index in [1.54, 1.807) is 0 Å². The van der Waals surface area contributed by atoms with Crippen molar-refractivity contribution in [2.24, 2.45) is 0 Å². The van der Waals surface area contributed by atoms with Gasteiger partial charge < -0.3 is 15.8 Å². The third kappa shape index (κ3) is 4.62. The van der Waals surface area contributed by atoms with Crippen molar-refractivity contribution in [3.8, 4) is 5.88 Å². The van der Waals surface area contributed by atoms with Crippen molar-refractivity contribution in [1.82, 2.24) is 9.97 Å². The standard InChI is InChI=1S/C17H24N4O/c1-3-4-12-22-17-15(18)16(20-13(2)21-17)19-11-10-14-8-6-5-7-9-14/h5-9H,3-4,10-12,18H2,1-2H3,(H,19,20,21). The summed E-state index contributed by atoms with van der Waals surface area (Å²) >= 11 is 0. The fraction of sp³-hybridized carbons (Fsp3) is 0.412. The van der Waals surface area contributed by atoms with Crippen LogP contribution >= 0.6 is 0 Å². The molecule has 22 heavy (non-hydrogen) atoms. The largest absolute Gasteiger partial charge is 0.476 e. The van der Waals surface area contributed by atoms with Crippen LogP contribution in [0.3, 0.4) is 0 Å². The molecular weight excluding hydrogens is 276 g/mol. The van der Waals surface area contributed by atoms with Crippen LogP contribution in [-0.2, 0) is 6.42 Å². The number of anilines is 2. The van der Waals surface area contributed by atoms with Crippen molar-refractivity contribution < 1.29 is 4.74 Å². The Hall–Kier alpha value is -2.30. The third-order valence-corrected chi connectivity index (χ3v) is 3.31. The molecule has 0 saturated carbocycles. The van der Waals surface area contributed by atoms with Crippen LogP contribution in [0.25, 0.3) is 0 Å². The molecule has 0 unspecified atom stereocenters. The van der Waals surface area contributed by atoms with Crippen LogP contribution in [0, 0.1) is 6.92 Å². The summed E-state index contributed by atoms with van der Waals surface area (Å²) in [6.45, 7) is 5.35. The number of aromatic nitrogens is 2. The Morgan fingerprint density at radius 1 is 1.18 bits per heavy atom. The molecular formula is C17H24N4O. The minimum absolute atomic E-state index is 0.475. The Labute approximate surface area is 131 Å². The first-order valence-corrected chi connectivity index (χ1v) is 7.75. The fourth-order valence-electron chi connectivity index (χ4n) is 2.08. The van der Waals surface area contributed by atoms with Crippen LogP contribution in [0.2, 0.25) is 0 Å². The Kier molecular flexibility index (Phi) is 6.01. The maximum absolute atomic E-state index is 6.10. The van der Waals surface area contributed by atoms with Gasteiger partial charge >= 0.3 is 0 Å². The minimum Gasteiger partial charge on any atom is -0.476 e. The molecule has 2 aromatic rings. The molecule has 1 heterocycles. The Morgan fingerprint density at radius 2 is 1.95 bits per heavy atom.